The highest BCUT2D eigenvalue weighted by Crippen LogP contribution is 2.27. The standard InChI is InChI=1S/C17H30N8/c1-14(17-19-13-25(21-17)7-5-22(3)4)9-16-10-23(11-16)6-8-24-12-18-15(2)20-24/h12-14,16H,5-11H2,1-4H3. The van der Waals surface area contributed by atoms with Crippen molar-refractivity contribution in [2.75, 3.05) is 40.3 Å². The molecule has 8 nitrogen and oxygen atoms in total. The van der Waals surface area contributed by atoms with Gasteiger partial charge in [0.2, 0.25) is 0 Å². The van der Waals surface area contributed by atoms with E-state index in [1.165, 1.54) is 13.1 Å². The quantitative estimate of drug-likeness (QED) is 0.671. The summed E-state index contributed by atoms with van der Waals surface area (Å²) >= 11 is 0. The molecule has 1 unspecified atom stereocenters. The molecule has 25 heavy (non-hydrogen) atoms. The highest BCUT2D eigenvalue weighted by atomic mass is 15.3. The van der Waals surface area contributed by atoms with Crippen LogP contribution in [0.5, 0.6) is 0 Å². The Balaban J connectivity index is 1.36. The third-order valence-corrected chi connectivity index (χ3v) is 4.79. The molecule has 1 aliphatic heterocycles. The first-order chi connectivity index (χ1) is 12.0. The predicted molar refractivity (Wildman–Crippen MR) is 96.3 cm³/mol. The first-order valence-corrected chi connectivity index (χ1v) is 9.12. The molecule has 1 aliphatic rings. The van der Waals surface area contributed by atoms with Crippen LogP contribution in [0.4, 0.5) is 0 Å². The van der Waals surface area contributed by atoms with Crippen molar-refractivity contribution in [2.24, 2.45) is 5.92 Å². The van der Waals surface area contributed by atoms with Gasteiger partial charge < -0.3 is 9.80 Å². The van der Waals surface area contributed by atoms with Crippen LogP contribution in [-0.2, 0) is 13.1 Å². The fraction of sp³-hybridized carbons (Fsp3) is 0.765. The van der Waals surface area contributed by atoms with Crippen molar-refractivity contribution in [1.29, 1.82) is 0 Å². The molecule has 0 aromatic carbocycles. The second-order valence-corrected chi connectivity index (χ2v) is 7.49. The van der Waals surface area contributed by atoms with Gasteiger partial charge in [-0.2, -0.15) is 10.2 Å². The van der Waals surface area contributed by atoms with Crippen LogP contribution in [0.2, 0.25) is 0 Å². The summed E-state index contributed by atoms with van der Waals surface area (Å²) in [7, 11) is 4.15. The fourth-order valence-corrected chi connectivity index (χ4v) is 3.30. The van der Waals surface area contributed by atoms with E-state index in [9.17, 15) is 0 Å². The molecular formula is C17H30N8. The van der Waals surface area contributed by atoms with Crippen LogP contribution >= 0.6 is 0 Å². The van der Waals surface area contributed by atoms with Crippen LogP contribution in [0.1, 0.15) is 30.9 Å². The highest BCUT2D eigenvalue weighted by molar-refractivity contribution is 4.95. The molecule has 0 amide bonds. The maximum atomic E-state index is 4.64. The van der Waals surface area contributed by atoms with Gasteiger partial charge in [0.05, 0.1) is 13.1 Å². The normalized spacial score (nSPS) is 17.2. The second kappa shape index (κ2) is 8.05. The molecule has 1 saturated heterocycles. The molecule has 2 aromatic rings. The summed E-state index contributed by atoms with van der Waals surface area (Å²) in [5.74, 6) is 3.00. The molecule has 0 saturated carbocycles. The lowest BCUT2D eigenvalue weighted by Crippen LogP contribution is -2.48. The average Bonchev–Trinajstić information content (AvgIpc) is 3.16. The zero-order valence-corrected chi connectivity index (χ0v) is 15.8. The molecule has 2 aromatic heterocycles. The summed E-state index contributed by atoms with van der Waals surface area (Å²) in [6, 6.07) is 0. The Morgan fingerprint density at radius 2 is 1.80 bits per heavy atom. The summed E-state index contributed by atoms with van der Waals surface area (Å²) in [4.78, 5) is 13.3. The van der Waals surface area contributed by atoms with E-state index in [0.29, 0.717) is 5.92 Å². The Morgan fingerprint density at radius 1 is 1.08 bits per heavy atom. The lowest BCUT2D eigenvalue weighted by Gasteiger charge is -2.40. The van der Waals surface area contributed by atoms with Crippen molar-refractivity contribution in [3.63, 3.8) is 0 Å². The van der Waals surface area contributed by atoms with Crippen LogP contribution in [-0.4, -0.2) is 79.6 Å². The summed E-state index contributed by atoms with van der Waals surface area (Å²) < 4.78 is 3.88. The molecule has 3 rings (SSSR count). The van der Waals surface area contributed by atoms with E-state index in [4.69, 9.17) is 0 Å². The summed E-state index contributed by atoms with van der Waals surface area (Å²) in [5.41, 5.74) is 0. The Hall–Kier alpha value is -1.80. The lowest BCUT2D eigenvalue weighted by molar-refractivity contribution is 0.0844. The van der Waals surface area contributed by atoms with Gasteiger partial charge in [0.15, 0.2) is 5.82 Å². The maximum Gasteiger partial charge on any atom is 0.153 e. The molecule has 0 bridgehead atoms. The Bertz CT molecular complexity index is 655. The molecule has 138 valence electrons. The number of rotatable bonds is 9. The highest BCUT2D eigenvalue weighted by Gasteiger charge is 2.28. The SMILES string of the molecule is Cc1ncn(CCN2CC(CC(C)c3ncn(CCN(C)C)n3)C2)n1. The lowest BCUT2D eigenvalue weighted by atomic mass is 9.89. The third kappa shape index (κ3) is 5.09. The molecule has 3 heterocycles. The number of hydrogen-bond acceptors (Lipinski definition) is 6. The van der Waals surface area contributed by atoms with Gasteiger partial charge in [-0.3, -0.25) is 9.36 Å². The molecule has 0 radical (unpaired) electrons. The number of aryl methyl sites for hydroxylation is 1. The monoisotopic (exact) mass is 346 g/mol. The molecule has 0 aliphatic carbocycles. The fourth-order valence-electron chi connectivity index (χ4n) is 3.30. The van der Waals surface area contributed by atoms with Gasteiger partial charge in [0.1, 0.15) is 18.5 Å². The van der Waals surface area contributed by atoms with Gasteiger partial charge in [-0.15, -0.1) is 0 Å². The zero-order valence-electron chi connectivity index (χ0n) is 15.8. The summed E-state index contributed by atoms with van der Waals surface area (Å²) in [6.45, 7) is 10.3. The minimum absolute atomic E-state index is 0.422. The van der Waals surface area contributed by atoms with Crippen molar-refractivity contribution in [2.45, 2.75) is 39.3 Å². The topological polar surface area (TPSA) is 67.9 Å². The second-order valence-electron chi connectivity index (χ2n) is 7.49. The smallest absolute Gasteiger partial charge is 0.153 e. The number of likely N-dealkylation sites (N-methyl/N-ethyl adjacent to an activating group) is 1. The van der Waals surface area contributed by atoms with Crippen molar-refractivity contribution in [3.05, 3.63) is 24.3 Å². The molecular weight excluding hydrogens is 316 g/mol. The van der Waals surface area contributed by atoms with Gasteiger partial charge in [-0.1, -0.05) is 6.92 Å². The Labute approximate surface area is 149 Å². The van der Waals surface area contributed by atoms with Crippen molar-refractivity contribution in [1.82, 2.24) is 39.3 Å². The van der Waals surface area contributed by atoms with Crippen LogP contribution in [0.3, 0.4) is 0 Å². The molecule has 1 atom stereocenters. The van der Waals surface area contributed by atoms with Gasteiger partial charge in [-0.25, -0.2) is 9.97 Å². The van der Waals surface area contributed by atoms with Crippen molar-refractivity contribution < 1.29 is 0 Å². The summed E-state index contributed by atoms with van der Waals surface area (Å²) in [6.07, 6.45) is 4.84. The zero-order chi connectivity index (χ0) is 17.8. The number of nitrogens with zero attached hydrogens (tertiary/aromatic N) is 8. The molecule has 8 heteroatoms. The van der Waals surface area contributed by atoms with E-state index < -0.39 is 0 Å². The third-order valence-electron chi connectivity index (χ3n) is 4.79. The van der Waals surface area contributed by atoms with Gasteiger partial charge in [0.25, 0.3) is 0 Å². The van der Waals surface area contributed by atoms with E-state index in [1.807, 2.05) is 28.9 Å². The van der Waals surface area contributed by atoms with E-state index in [2.05, 4.69) is 51.0 Å². The predicted octanol–water partition coefficient (Wildman–Crippen LogP) is 0.865. The van der Waals surface area contributed by atoms with Crippen molar-refractivity contribution in [3.8, 4) is 0 Å². The largest absolute Gasteiger partial charge is 0.308 e. The molecule has 0 spiro atoms. The van der Waals surface area contributed by atoms with E-state index in [-0.39, 0.29) is 0 Å². The molecule has 1 fully saturated rings. The van der Waals surface area contributed by atoms with Crippen LogP contribution in [0, 0.1) is 12.8 Å². The Morgan fingerprint density at radius 3 is 2.48 bits per heavy atom. The van der Waals surface area contributed by atoms with Crippen LogP contribution in [0.25, 0.3) is 0 Å². The van der Waals surface area contributed by atoms with E-state index in [1.54, 1.807) is 0 Å². The number of hydrogen-bond donors (Lipinski definition) is 0. The maximum absolute atomic E-state index is 4.64. The Kier molecular flexibility index (Phi) is 5.80. The van der Waals surface area contributed by atoms with Crippen LogP contribution in [0.15, 0.2) is 12.7 Å². The minimum Gasteiger partial charge on any atom is -0.308 e. The van der Waals surface area contributed by atoms with Gasteiger partial charge >= 0.3 is 0 Å². The van der Waals surface area contributed by atoms with E-state index >= 15 is 0 Å². The molecule has 0 N–H and O–H groups in total. The van der Waals surface area contributed by atoms with Crippen LogP contribution < -0.4 is 0 Å². The summed E-state index contributed by atoms with van der Waals surface area (Å²) in [5, 5.41) is 8.97. The van der Waals surface area contributed by atoms with Crippen molar-refractivity contribution >= 4 is 0 Å². The van der Waals surface area contributed by atoms with Gasteiger partial charge in [0, 0.05) is 32.1 Å². The first kappa shape index (κ1) is 18.0. The average molecular weight is 346 g/mol. The first-order valence-electron chi connectivity index (χ1n) is 9.12. The number of likely N-dealkylation sites (tertiary alicyclic amines) is 1. The van der Waals surface area contributed by atoms with E-state index in [0.717, 1.165) is 50.2 Å². The minimum atomic E-state index is 0.422. The van der Waals surface area contributed by atoms with Gasteiger partial charge in [-0.05, 0) is 33.4 Å². The number of aromatic nitrogens is 6.